The number of hydrogen-bond acceptors (Lipinski definition) is 2. The Morgan fingerprint density at radius 3 is 2.59 bits per heavy atom. The second-order valence-corrected chi connectivity index (χ2v) is 5.40. The fourth-order valence-corrected chi connectivity index (χ4v) is 1.38. The van der Waals surface area contributed by atoms with E-state index in [1.54, 1.807) is 25.1 Å². The van der Waals surface area contributed by atoms with Crippen LogP contribution in [0, 0.1) is 6.92 Å². The molecule has 4 heteroatoms. The Morgan fingerprint density at radius 2 is 2.06 bits per heavy atom. The van der Waals surface area contributed by atoms with Crippen LogP contribution < -0.4 is 5.32 Å². The summed E-state index contributed by atoms with van der Waals surface area (Å²) in [4.78, 5) is 12.1. The zero-order valence-electron chi connectivity index (χ0n) is 10.5. The summed E-state index contributed by atoms with van der Waals surface area (Å²) in [7, 11) is 0. The summed E-state index contributed by atoms with van der Waals surface area (Å²) in [6.07, 6.45) is 0. The molecule has 0 aliphatic heterocycles. The van der Waals surface area contributed by atoms with Crippen LogP contribution >= 0.6 is 11.6 Å². The van der Waals surface area contributed by atoms with Crippen LogP contribution in [0.3, 0.4) is 0 Å². The van der Waals surface area contributed by atoms with E-state index in [-0.39, 0.29) is 17.0 Å². The number of carbonyl (C=O) groups is 1. The van der Waals surface area contributed by atoms with Gasteiger partial charge in [0.1, 0.15) is 5.75 Å². The van der Waals surface area contributed by atoms with Crippen LogP contribution in [-0.2, 0) is 0 Å². The van der Waals surface area contributed by atoms with E-state index in [4.69, 9.17) is 11.6 Å². The average Bonchev–Trinajstić information content (AvgIpc) is 2.21. The molecule has 0 saturated heterocycles. The number of carbonyl (C=O) groups excluding carboxylic acids is 1. The molecular formula is C13H18ClNO2. The van der Waals surface area contributed by atoms with Crippen molar-refractivity contribution in [2.24, 2.45) is 0 Å². The van der Waals surface area contributed by atoms with Gasteiger partial charge in [-0.25, -0.2) is 0 Å². The average molecular weight is 256 g/mol. The molecule has 0 aliphatic rings. The van der Waals surface area contributed by atoms with E-state index in [0.29, 0.717) is 11.1 Å². The maximum Gasteiger partial charge on any atom is 0.252 e. The summed E-state index contributed by atoms with van der Waals surface area (Å²) >= 11 is 6.01. The molecule has 2 N–H and O–H groups in total. The smallest absolute Gasteiger partial charge is 0.252 e. The third-order valence-electron chi connectivity index (χ3n) is 2.98. The number of nitrogens with one attached hydrogen (secondary N) is 1. The highest BCUT2D eigenvalue weighted by atomic mass is 35.5. The number of phenolic OH excluding ortho intramolecular Hbond substituents is 1. The standard InChI is InChI=1S/C13H18ClNO2/c1-8-10(6-5-7-11(8)16)12(17)15-13(3,4)9(2)14/h5-7,9,16H,1-4H3,(H,15,17). The lowest BCUT2D eigenvalue weighted by atomic mass is 9.99. The van der Waals surface area contributed by atoms with Crippen molar-refractivity contribution in [1.82, 2.24) is 5.32 Å². The van der Waals surface area contributed by atoms with Crippen LogP contribution in [-0.4, -0.2) is 21.9 Å². The molecule has 0 aliphatic carbocycles. The first kappa shape index (κ1) is 13.8. The van der Waals surface area contributed by atoms with Crippen LogP contribution in [0.2, 0.25) is 0 Å². The summed E-state index contributed by atoms with van der Waals surface area (Å²) in [5.74, 6) is -0.106. The molecule has 0 radical (unpaired) electrons. The SMILES string of the molecule is Cc1c(O)cccc1C(=O)NC(C)(C)C(C)Cl. The molecule has 1 amide bonds. The van der Waals surface area contributed by atoms with Gasteiger partial charge in [0.05, 0.1) is 10.9 Å². The van der Waals surface area contributed by atoms with E-state index in [2.05, 4.69) is 5.32 Å². The minimum absolute atomic E-state index is 0.120. The van der Waals surface area contributed by atoms with E-state index in [0.717, 1.165) is 0 Å². The van der Waals surface area contributed by atoms with Gasteiger partial charge in [-0.1, -0.05) is 6.07 Å². The lowest BCUT2D eigenvalue weighted by Gasteiger charge is -2.29. The summed E-state index contributed by atoms with van der Waals surface area (Å²) in [6, 6.07) is 4.88. The van der Waals surface area contributed by atoms with Crippen LogP contribution in [0.4, 0.5) is 0 Å². The van der Waals surface area contributed by atoms with Gasteiger partial charge >= 0.3 is 0 Å². The van der Waals surface area contributed by atoms with E-state index in [1.807, 2.05) is 20.8 Å². The highest BCUT2D eigenvalue weighted by molar-refractivity contribution is 6.21. The van der Waals surface area contributed by atoms with Crippen molar-refractivity contribution in [3.8, 4) is 5.75 Å². The molecule has 1 unspecified atom stereocenters. The quantitative estimate of drug-likeness (QED) is 0.816. The minimum Gasteiger partial charge on any atom is -0.508 e. The first-order valence-corrected chi connectivity index (χ1v) is 5.94. The van der Waals surface area contributed by atoms with Crippen molar-refractivity contribution in [3.63, 3.8) is 0 Å². The first-order chi connectivity index (χ1) is 7.75. The third-order valence-corrected chi connectivity index (χ3v) is 3.53. The lowest BCUT2D eigenvalue weighted by molar-refractivity contribution is 0.0911. The molecule has 3 nitrogen and oxygen atoms in total. The molecule has 1 rings (SSSR count). The molecule has 0 aromatic heterocycles. The molecule has 1 atom stereocenters. The van der Waals surface area contributed by atoms with E-state index < -0.39 is 5.54 Å². The van der Waals surface area contributed by atoms with Gasteiger partial charge in [-0.2, -0.15) is 0 Å². The first-order valence-electron chi connectivity index (χ1n) is 5.51. The number of rotatable bonds is 3. The number of halogens is 1. The Labute approximate surface area is 107 Å². The molecule has 0 heterocycles. The summed E-state index contributed by atoms with van der Waals surface area (Å²) in [6.45, 7) is 7.26. The predicted octanol–water partition coefficient (Wildman–Crippen LogP) is 2.84. The maximum atomic E-state index is 12.1. The number of alkyl halides is 1. The Kier molecular flexibility index (Phi) is 4.04. The predicted molar refractivity (Wildman–Crippen MR) is 69.7 cm³/mol. The zero-order chi connectivity index (χ0) is 13.2. The Bertz CT molecular complexity index is 427. The highest BCUT2D eigenvalue weighted by Crippen LogP contribution is 2.21. The van der Waals surface area contributed by atoms with Crippen LogP contribution in [0.5, 0.6) is 5.75 Å². The Balaban J connectivity index is 2.95. The number of phenols is 1. The topological polar surface area (TPSA) is 49.3 Å². The number of amides is 1. The minimum atomic E-state index is -0.503. The van der Waals surface area contributed by atoms with Crippen molar-refractivity contribution in [2.45, 2.75) is 38.6 Å². The number of aromatic hydroxyl groups is 1. The van der Waals surface area contributed by atoms with Crippen molar-refractivity contribution >= 4 is 17.5 Å². The van der Waals surface area contributed by atoms with Gasteiger partial charge in [0.2, 0.25) is 0 Å². The molecular weight excluding hydrogens is 238 g/mol. The third kappa shape index (κ3) is 3.13. The van der Waals surface area contributed by atoms with Gasteiger partial charge in [-0.05, 0) is 39.8 Å². The summed E-state index contributed by atoms with van der Waals surface area (Å²) in [5.41, 5.74) is 0.537. The summed E-state index contributed by atoms with van der Waals surface area (Å²) in [5, 5.41) is 12.2. The number of benzene rings is 1. The monoisotopic (exact) mass is 255 g/mol. The van der Waals surface area contributed by atoms with Gasteiger partial charge in [-0.3, -0.25) is 4.79 Å². The second-order valence-electron chi connectivity index (χ2n) is 4.74. The highest BCUT2D eigenvalue weighted by Gasteiger charge is 2.27. The van der Waals surface area contributed by atoms with Crippen molar-refractivity contribution in [1.29, 1.82) is 0 Å². The molecule has 17 heavy (non-hydrogen) atoms. The normalized spacial score (nSPS) is 13.2. The van der Waals surface area contributed by atoms with Gasteiger partial charge in [0, 0.05) is 11.1 Å². The molecule has 0 fully saturated rings. The zero-order valence-corrected chi connectivity index (χ0v) is 11.3. The fraction of sp³-hybridized carbons (Fsp3) is 0.462. The molecule has 94 valence electrons. The van der Waals surface area contributed by atoms with Crippen LogP contribution in [0.15, 0.2) is 18.2 Å². The van der Waals surface area contributed by atoms with Gasteiger partial charge in [0.15, 0.2) is 0 Å². The van der Waals surface area contributed by atoms with Gasteiger partial charge < -0.3 is 10.4 Å². The van der Waals surface area contributed by atoms with Crippen molar-refractivity contribution < 1.29 is 9.90 Å². The van der Waals surface area contributed by atoms with Crippen molar-refractivity contribution in [3.05, 3.63) is 29.3 Å². The maximum absolute atomic E-state index is 12.1. The second kappa shape index (κ2) is 4.96. The van der Waals surface area contributed by atoms with E-state index >= 15 is 0 Å². The number of hydrogen-bond donors (Lipinski definition) is 2. The molecule has 0 spiro atoms. The lowest BCUT2D eigenvalue weighted by Crippen LogP contribution is -2.49. The Morgan fingerprint density at radius 1 is 1.47 bits per heavy atom. The Hall–Kier alpha value is -1.22. The fourth-order valence-electron chi connectivity index (χ4n) is 1.33. The van der Waals surface area contributed by atoms with Gasteiger partial charge in [-0.15, -0.1) is 11.6 Å². The van der Waals surface area contributed by atoms with Crippen LogP contribution in [0.25, 0.3) is 0 Å². The van der Waals surface area contributed by atoms with Crippen molar-refractivity contribution in [2.75, 3.05) is 0 Å². The van der Waals surface area contributed by atoms with E-state index in [9.17, 15) is 9.90 Å². The molecule has 1 aromatic carbocycles. The summed E-state index contributed by atoms with van der Waals surface area (Å²) < 4.78 is 0. The van der Waals surface area contributed by atoms with E-state index in [1.165, 1.54) is 0 Å². The van der Waals surface area contributed by atoms with Crippen LogP contribution in [0.1, 0.15) is 36.7 Å². The molecule has 0 bridgehead atoms. The molecule has 1 aromatic rings. The largest absolute Gasteiger partial charge is 0.508 e. The van der Waals surface area contributed by atoms with Gasteiger partial charge in [0.25, 0.3) is 5.91 Å². The molecule has 0 saturated carbocycles.